The highest BCUT2D eigenvalue weighted by Crippen LogP contribution is 2.33. The molecule has 0 heterocycles. The molecule has 1 aromatic rings. The third-order valence-corrected chi connectivity index (χ3v) is 3.55. The molecule has 98 valence electrons. The van der Waals surface area contributed by atoms with Crippen LogP contribution in [0.15, 0.2) is 30.3 Å². The van der Waals surface area contributed by atoms with E-state index in [1.54, 1.807) is 0 Å². The van der Waals surface area contributed by atoms with Crippen molar-refractivity contribution in [2.45, 2.75) is 38.1 Å². The highest BCUT2D eigenvalue weighted by molar-refractivity contribution is 5.76. The Bertz CT molecular complexity index is 387. The molecule has 3 heteroatoms. The molecular weight excluding hydrogens is 226 g/mol. The second-order valence-electron chi connectivity index (χ2n) is 5.29. The van der Waals surface area contributed by atoms with Crippen LogP contribution in [0.25, 0.3) is 0 Å². The van der Waals surface area contributed by atoms with Crippen molar-refractivity contribution in [2.75, 3.05) is 6.54 Å². The number of benzene rings is 1. The van der Waals surface area contributed by atoms with E-state index in [2.05, 4.69) is 12.2 Å². The zero-order valence-corrected chi connectivity index (χ0v) is 10.8. The molecule has 0 aromatic heterocycles. The minimum absolute atomic E-state index is 0.406. The predicted molar refractivity (Wildman–Crippen MR) is 71.6 cm³/mol. The minimum atomic E-state index is -0.757. The lowest BCUT2D eigenvalue weighted by Crippen LogP contribution is -2.33. The summed E-state index contributed by atoms with van der Waals surface area (Å²) in [7, 11) is 0. The lowest BCUT2D eigenvalue weighted by atomic mass is 9.99. The lowest BCUT2D eigenvalue weighted by molar-refractivity contribution is -0.138. The zero-order chi connectivity index (χ0) is 13.0. The molecule has 18 heavy (non-hydrogen) atoms. The SMILES string of the molecule is CC(CC1CC1)NCC(C(=O)O)c1ccccc1. The van der Waals surface area contributed by atoms with Crippen LogP contribution >= 0.6 is 0 Å². The molecule has 2 atom stereocenters. The Morgan fingerprint density at radius 3 is 2.61 bits per heavy atom. The number of rotatable bonds is 7. The fourth-order valence-electron chi connectivity index (χ4n) is 2.29. The standard InChI is InChI=1S/C15H21NO2/c1-11(9-12-7-8-12)16-10-14(15(17)18)13-5-3-2-4-6-13/h2-6,11-12,14,16H,7-10H2,1H3,(H,17,18). The molecule has 1 saturated carbocycles. The van der Waals surface area contributed by atoms with Crippen LogP contribution < -0.4 is 5.32 Å². The molecule has 1 aromatic carbocycles. The Morgan fingerprint density at radius 2 is 2.06 bits per heavy atom. The Hall–Kier alpha value is -1.35. The van der Waals surface area contributed by atoms with Crippen LogP contribution in [-0.2, 0) is 4.79 Å². The summed E-state index contributed by atoms with van der Waals surface area (Å²) in [4.78, 5) is 11.3. The molecule has 2 N–H and O–H groups in total. The summed E-state index contributed by atoms with van der Waals surface area (Å²) in [6.45, 7) is 2.65. The van der Waals surface area contributed by atoms with Gasteiger partial charge in [0.1, 0.15) is 0 Å². The number of carboxylic acids is 1. The van der Waals surface area contributed by atoms with Crippen molar-refractivity contribution < 1.29 is 9.90 Å². The molecule has 0 saturated heterocycles. The van der Waals surface area contributed by atoms with Crippen molar-refractivity contribution in [1.82, 2.24) is 5.32 Å². The zero-order valence-electron chi connectivity index (χ0n) is 10.8. The molecule has 0 bridgehead atoms. The van der Waals surface area contributed by atoms with Gasteiger partial charge < -0.3 is 10.4 Å². The molecule has 2 rings (SSSR count). The fraction of sp³-hybridized carbons (Fsp3) is 0.533. The maximum Gasteiger partial charge on any atom is 0.312 e. The van der Waals surface area contributed by atoms with Gasteiger partial charge in [-0.15, -0.1) is 0 Å². The Kier molecular flexibility index (Phi) is 4.37. The Labute approximate surface area is 108 Å². The first-order valence-electron chi connectivity index (χ1n) is 6.68. The van der Waals surface area contributed by atoms with E-state index in [1.165, 1.54) is 19.3 Å². The number of nitrogens with one attached hydrogen (secondary N) is 1. The predicted octanol–water partition coefficient (Wildman–Crippen LogP) is 2.63. The first kappa shape index (κ1) is 13.1. The van der Waals surface area contributed by atoms with E-state index in [0.29, 0.717) is 12.6 Å². The van der Waals surface area contributed by atoms with E-state index >= 15 is 0 Å². The summed E-state index contributed by atoms with van der Waals surface area (Å²) in [5.41, 5.74) is 0.871. The number of carbonyl (C=O) groups is 1. The van der Waals surface area contributed by atoms with Gasteiger partial charge in [0.2, 0.25) is 0 Å². The Balaban J connectivity index is 1.88. The highest BCUT2D eigenvalue weighted by atomic mass is 16.4. The van der Waals surface area contributed by atoms with Crippen LogP contribution in [-0.4, -0.2) is 23.7 Å². The summed E-state index contributed by atoms with van der Waals surface area (Å²) in [5, 5.41) is 12.6. The van der Waals surface area contributed by atoms with Crippen molar-refractivity contribution >= 4 is 5.97 Å². The molecule has 0 spiro atoms. The fourth-order valence-corrected chi connectivity index (χ4v) is 2.29. The van der Waals surface area contributed by atoms with E-state index in [4.69, 9.17) is 0 Å². The topological polar surface area (TPSA) is 49.3 Å². The van der Waals surface area contributed by atoms with Crippen LogP contribution in [0.1, 0.15) is 37.7 Å². The average molecular weight is 247 g/mol. The van der Waals surface area contributed by atoms with Gasteiger partial charge in [-0.2, -0.15) is 0 Å². The van der Waals surface area contributed by atoms with Gasteiger partial charge in [-0.3, -0.25) is 4.79 Å². The largest absolute Gasteiger partial charge is 0.481 e. The van der Waals surface area contributed by atoms with E-state index in [9.17, 15) is 9.90 Å². The maximum atomic E-state index is 11.3. The van der Waals surface area contributed by atoms with Crippen molar-refractivity contribution in [2.24, 2.45) is 5.92 Å². The van der Waals surface area contributed by atoms with Gasteiger partial charge in [-0.05, 0) is 24.8 Å². The van der Waals surface area contributed by atoms with Gasteiger partial charge in [0.15, 0.2) is 0 Å². The molecule has 2 unspecified atom stereocenters. The molecule has 1 aliphatic carbocycles. The average Bonchev–Trinajstić information content (AvgIpc) is 3.14. The van der Waals surface area contributed by atoms with Crippen molar-refractivity contribution in [3.8, 4) is 0 Å². The van der Waals surface area contributed by atoms with E-state index in [0.717, 1.165) is 11.5 Å². The molecule has 0 aliphatic heterocycles. The third kappa shape index (κ3) is 3.84. The molecule has 3 nitrogen and oxygen atoms in total. The van der Waals surface area contributed by atoms with Gasteiger partial charge >= 0.3 is 5.97 Å². The second kappa shape index (κ2) is 6.01. The van der Waals surface area contributed by atoms with Crippen LogP contribution in [0.2, 0.25) is 0 Å². The van der Waals surface area contributed by atoms with E-state index in [1.807, 2.05) is 30.3 Å². The Morgan fingerprint density at radius 1 is 1.39 bits per heavy atom. The van der Waals surface area contributed by atoms with Crippen LogP contribution in [0.5, 0.6) is 0 Å². The summed E-state index contributed by atoms with van der Waals surface area (Å²) < 4.78 is 0. The minimum Gasteiger partial charge on any atom is -0.481 e. The molecule has 0 radical (unpaired) electrons. The second-order valence-corrected chi connectivity index (χ2v) is 5.29. The number of aliphatic carboxylic acids is 1. The molecule has 1 aliphatic rings. The summed E-state index contributed by atoms with van der Waals surface area (Å²) in [6, 6.07) is 9.85. The van der Waals surface area contributed by atoms with E-state index in [-0.39, 0.29) is 0 Å². The summed E-state index contributed by atoms with van der Waals surface area (Å²) >= 11 is 0. The summed E-state index contributed by atoms with van der Waals surface area (Å²) in [6.07, 6.45) is 3.85. The summed E-state index contributed by atoms with van der Waals surface area (Å²) in [5.74, 6) is -0.340. The van der Waals surface area contributed by atoms with Gasteiger partial charge in [0.05, 0.1) is 5.92 Å². The number of hydrogen-bond donors (Lipinski definition) is 2. The van der Waals surface area contributed by atoms with E-state index < -0.39 is 11.9 Å². The normalized spacial score (nSPS) is 18.3. The van der Waals surface area contributed by atoms with Gasteiger partial charge in [-0.1, -0.05) is 43.2 Å². The molecular formula is C15H21NO2. The first-order chi connectivity index (χ1) is 8.66. The smallest absolute Gasteiger partial charge is 0.312 e. The van der Waals surface area contributed by atoms with Crippen molar-refractivity contribution in [3.05, 3.63) is 35.9 Å². The van der Waals surface area contributed by atoms with Crippen LogP contribution in [0.4, 0.5) is 0 Å². The number of carboxylic acid groups (broad SMARTS) is 1. The number of hydrogen-bond acceptors (Lipinski definition) is 2. The lowest BCUT2D eigenvalue weighted by Gasteiger charge is -2.18. The maximum absolute atomic E-state index is 11.3. The molecule has 0 amide bonds. The highest BCUT2D eigenvalue weighted by Gasteiger charge is 2.25. The van der Waals surface area contributed by atoms with Crippen LogP contribution in [0, 0.1) is 5.92 Å². The van der Waals surface area contributed by atoms with Crippen LogP contribution in [0.3, 0.4) is 0 Å². The van der Waals surface area contributed by atoms with Crippen molar-refractivity contribution in [3.63, 3.8) is 0 Å². The van der Waals surface area contributed by atoms with Gasteiger partial charge in [0, 0.05) is 12.6 Å². The third-order valence-electron chi connectivity index (χ3n) is 3.55. The monoisotopic (exact) mass is 247 g/mol. The molecule has 1 fully saturated rings. The van der Waals surface area contributed by atoms with Gasteiger partial charge in [0.25, 0.3) is 0 Å². The first-order valence-corrected chi connectivity index (χ1v) is 6.68. The van der Waals surface area contributed by atoms with Crippen molar-refractivity contribution in [1.29, 1.82) is 0 Å². The van der Waals surface area contributed by atoms with Gasteiger partial charge in [-0.25, -0.2) is 0 Å². The quantitative estimate of drug-likeness (QED) is 0.778.